The molecule has 0 aromatic heterocycles. The molecule has 0 aromatic rings. The molecular weight excluding hydrogens is 80.1 g/mol. The van der Waals surface area contributed by atoms with Crippen molar-refractivity contribution in [3.8, 4) is 0 Å². The average Bonchev–Trinajstić information content (AvgIpc) is 1.86. The number of hydrogen-bond donors (Lipinski definition) is 1. The number of hydrazine groups is 1. The van der Waals surface area contributed by atoms with Gasteiger partial charge in [0.2, 0.25) is 0 Å². The molecule has 0 saturated heterocycles. The van der Waals surface area contributed by atoms with E-state index in [-0.39, 0.29) is 0 Å². The largest absolute Gasteiger partial charge is 0.211 e. The third-order valence-electron chi connectivity index (χ3n) is 0.485. The van der Waals surface area contributed by atoms with Crippen molar-refractivity contribution in [2.45, 2.75) is 0 Å². The summed E-state index contributed by atoms with van der Waals surface area (Å²) in [6.45, 7) is 0. The maximum absolute atomic E-state index is 3.67. The average molecular weight is 85.1 g/mol. The molecule has 1 N–H and O–H groups in total. The lowest BCUT2D eigenvalue weighted by Gasteiger charge is -1.99. The lowest BCUT2D eigenvalue weighted by atomic mass is 11.4. The van der Waals surface area contributed by atoms with Crippen LogP contribution in [0.1, 0.15) is 0 Å². The molecule has 0 fully saturated rings. The van der Waals surface area contributed by atoms with Crippen LogP contribution >= 0.6 is 0 Å². The lowest BCUT2D eigenvalue weighted by molar-refractivity contribution is 0.256. The van der Waals surface area contributed by atoms with Crippen LogP contribution in [0.4, 0.5) is 0 Å². The Labute approximate surface area is 35.8 Å². The van der Waals surface area contributed by atoms with Crippen LogP contribution in [0.15, 0.2) is 5.10 Å². The molecule has 0 unspecified atom stereocenters. The highest BCUT2D eigenvalue weighted by molar-refractivity contribution is 5.53. The van der Waals surface area contributed by atoms with Gasteiger partial charge in [0.15, 0.2) is 6.34 Å². The maximum atomic E-state index is 3.67. The molecule has 4 heteroatoms. The SMILES string of the molecule is CN1N=C[N]N1. The van der Waals surface area contributed by atoms with E-state index in [1.165, 1.54) is 11.5 Å². The fraction of sp³-hybridized carbons (Fsp3) is 0.500. The third kappa shape index (κ3) is 0.414. The third-order valence-corrected chi connectivity index (χ3v) is 0.485. The topological polar surface area (TPSA) is 41.7 Å². The molecule has 4 nitrogen and oxygen atoms in total. The first-order valence-electron chi connectivity index (χ1n) is 1.61. The standard InChI is InChI=1S/C2H5N4/c1-6-4-2-3-5-6/h2,5H,1H3. The Morgan fingerprint density at radius 3 is 2.83 bits per heavy atom. The van der Waals surface area contributed by atoms with Crippen LogP contribution in [-0.2, 0) is 0 Å². The van der Waals surface area contributed by atoms with E-state index in [4.69, 9.17) is 0 Å². The van der Waals surface area contributed by atoms with E-state index >= 15 is 0 Å². The molecule has 1 heterocycles. The number of nitrogens with one attached hydrogen (secondary N) is 1. The molecule has 0 aliphatic carbocycles. The molecule has 0 amide bonds. The summed E-state index contributed by atoms with van der Waals surface area (Å²) in [5, 5.41) is 5.18. The second-order valence-corrected chi connectivity index (χ2v) is 0.984. The van der Waals surface area contributed by atoms with E-state index < -0.39 is 0 Å². The first-order valence-corrected chi connectivity index (χ1v) is 1.61. The summed E-state index contributed by atoms with van der Waals surface area (Å²) in [5.74, 6) is 0. The Balaban J connectivity index is 2.38. The molecule has 1 radical (unpaired) electrons. The van der Waals surface area contributed by atoms with Crippen LogP contribution in [0.2, 0.25) is 0 Å². The van der Waals surface area contributed by atoms with Gasteiger partial charge in [0, 0.05) is 7.05 Å². The van der Waals surface area contributed by atoms with E-state index in [1.807, 2.05) is 0 Å². The summed E-state index contributed by atoms with van der Waals surface area (Å²) in [4.78, 5) is 0. The van der Waals surface area contributed by atoms with Gasteiger partial charge in [0.25, 0.3) is 0 Å². The molecule has 1 aliphatic heterocycles. The van der Waals surface area contributed by atoms with Crippen molar-refractivity contribution >= 4 is 6.34 Å². The molecule has 0 spiro atoms. The first kappa shape index (κ1) is 3.42. The Kier molecular flexibility index (Phi) is 0.648. The lowest BCUT2D eigenvalue weighted by Crippen LogP contribution is -2.27. The Bertz CT molecular complexity index is 67.9. The van der Waals surface area contributed by atoms with E-state index in [1.54, 1.807) is 7.05 Å². The summed E-state index contributed by atoms with van der Waals surface area (Å²) < 4.78 is 0. The normalized spacial score (nSPS) is 18.5. The zero-order valence-corrected chi connectivity index (χ0v) is 3.42. The van der Waals surface area contributed by atoms with Gasteiger partial charge in [-0.05, 0) is 0 Å². The summed E-state index contributed by atoms with van der Waals surface area (Å²) in [6, 6.07) is 0. The van der Waals surface area contributed by atoms with Gasteiger partial charge in [0.05, 0.1) is 0 Å². The van der Waals surface area contributed by atoms with E-state index in [9.17, 15) is 0 Å². The van der Waals surface area contributed by atoms with Crippen LogP contribution in [0, 0.1) is 0 Å². The van der Waals surface area contributed by atoms with E-state index in [0.717, 1.165) is 0 Å². The quantitative estimate of drug-likeness (QED) is 0.405. The zero-order valence-electron chi connectivity index (χ0n) is 3.42. The first-order chi connectivity index (χ1) is 2.89. The molecule has 6 heavy (non-hydrogen) atoms. The van der Waals surface area contributed by atoms with Gasteiger partial charge in [-0.3, -0.25) is 0 Å². The van der Waals surface area contributed by atoms with Gasteiger partial charge >= 0.3 is 0 Å². The molecular formula is C2H5N4. The van der Waals surface area contributed by atoms with Crippen molar-refractivity contribution in [1.82, 2.24) is 16.1 Å². The highest BCUT2D eigenvalue weighted by atomic mass is 15.8. The molecule has 1 aliphatic rings. The van der Waals surface area contributed by atoms with Crippen molar-refractivity contribution in [3.63, 3.8) is 0 Å². The minimum absolute atomic E-state index is 1.44. The molecule has 0 atom stereocenters. The molecule has 0 bridgehead atoms. The summed E-state index contributed by atoms with van der Waals surface area (Å²) in [7, 11) is 1.77. The second kappa shape index (κ2) is 1.14. The van der Waals surface area contributed by atoms with Crippen molar-refractivity contribution < 1.29 is 0 Å². The van der Waals surface area contributed by atoms with Gasteiger partial charge in [-0.2, -0.15) is 5.43 Å². The molecule has 33 valence electrons. The Morgan fingerprint density at radius 2 is 2.67 bits per heavy atom. The monoisotopic (exact) mass is 85.1 g/mol. The van der Waals surface area contributed by atoms with Crippen LogP contribution < -0.4 is 11.0 Å². The molecule has 0 saturated carbocycles. The minimum Gasteiger partial charge on any atom is -0.211 e. The van der Waals surface area contributed by atoms with Crippen LogP contribution in [0.3, 0.4) is 0 Å². The molecule has 1 rings (SSSR count). The predicted molar refractivity (Wildman–Crippen MR) is 21.5 cm³/mol. The van der Waals surface area contributed by atoms with Crippen molar-refractivity contribution in [3.05, 3.63) is 0 Å². The molecule has 0 aromatic carbocycles. The summed E-state index contributed by atoms with van der Waals surface area (Å²) >= 11 is 0. The fourth-order valence-corrected chi connectivity index (χ4v) is 0.238. The highest BCUT2D eigenvalue weighted by Crippen LogP contribution is 1.74. The van der Waals surface area contributed by atoms with Crippen LogP contribution in [0.5, 0.6) is 0 Å². The smallest absolute Gasteiger partial charge is 0.153 e. The fourth-order valence-electron chi connectivity index (χ4n) is 0.238. The number of rotatable bonds is 0. The maximum Gasteiger partial charge on any atom is 0.153 e. The van der Waals surface area contributed by atoms with Gasteiger partial charge in [-0.25, -0.2) is 5.12 Å². The highest BCUT2D eigenvalue weighted by Gasteiger charge is 1.92. The zero-order chi connectivity index (χ0) is 4.41. The van der Waals surface area contributed by atoms with Gasteiger partial charge in [0.1, 0.15) is 0 Å². The van der Waals surface area contributed by atoms with Crippen molar-refractivity contribution in [2.24, 2.45) is 5.10 Å². The van der Waals surface area contributed by atoms with Gasteiger partial charge in [-0.1, -0.05) is 0 Å². The van der Waals surface area contributed by atoms with Crippen LogP contribution in [-0.4, -0.2) is 18.5 Å². The van der Waals surface area contributed by atoms with Crippen molar-refractivity contribution in [1.29, 1.82) is 0 Å². The van der Waals surface area contributed by atoms with Gasteiger partial charge in [-0.15, -0.1) is 10.6 Å². The number of nitrogens with zero attached hydrogens (tertiary/aromatic N) is 3. The minimum atomic E-state index is 1.44. The Hall–Kier alpha value is -0.770. The number of hydrazone groups is 1. The number of hydrogen-bond acceptors (Lipinski definition) is 3. The predicted octanol–water partition coefficient (Wildman–Crippen LogP) is -1.10. The van der Waals surface area contributed by atoms with Crippen molar-refractivity contribution in [2.75, 3.05) is 7.05 Å². The van der Waals surface area contributed by atoms with E-state index in [0.29, 0.717) is 0 Å². The van der Waals surface area contributed by atoms with E-state index in [2.05, 4.69) is 16.1 Å². The van der Waals surface area contributed by atoms with Gasteiger partial charge < -0.3 is 0 Å². The van der Waals surface area contributed by atoms with Crippen LogP contribution in [0.25, 0.3) is 0 Å². The summed E-state index contributed by atoms with van der Waals surface area (Å²) in [5.41, 5.74) is 6.10. The second-order valence-electron chi connectivity index (χ2n) is 0.984. The Morgan fingerprint density at radius 1 is 1.83 bits per heavy atom. The summed E-state index contributed by atoms with van der Waals surface area (Å²) in [6.07, 6.45) is 1.44.